The van der Waals surface area contributed by atoms with Crippen LogP contribution in [0.2, 0.25) is 5.02 Å². The zero-order chi connectivity index (χ0) is 11.4. The Bertz CT molecular complexity index is 465. The molecule has 0 fully saturated rings. The second-order valence-corrected chi connectivity index (χ2v) is 3.89. The van der Waals surface area contributed by atoms with E-state index in [-0.39, 0.29) is 0 Å². The lowest BCUT2D eigenvalue weighted by Crippen LogP contribution is -2.12. The summed E-state index contributed by atoms with van der Waals surface area (Å²) >= 11 is 6.10. The van der Waals surface area contributed by atoms with E-state index < -0.39 is 0 Å². The molecule has 3 nitrogen and oxygen atoms in total. The number of hydrogen-bond donors (Lipinski definition) is 1. The third-order valence-corrected chi connectivity index (χ3v) is 2.62. The van der Waals surface area contributed by atoms with E-state index >= 15 is 0 Å². The molecule has 0 saturated carbocycles. The lowest BCUT2D eigenvalue weighted by molar-refractivity contribution is 0.696. The van der Waals surface area contributed by atoms with Crippen molar-refractivity contribution in [2.24, 2.45) is 0 Å². The fourth-order valence-electron chi connectivity index (χ4n) is 1.48. The molecule has 2 rings (SSSR count). The van der Waals surface area contributed by atoms with Crippen LogP contribution in [-0.2, 0) is 6.54 Å². The minimum atomic E-state index is 0.709. The number of halogens is 1. The van der Waals surface area contributed by atoms with Crippen molar-refractivity contribution >= 4 is 11.6 Å². The second-order valence-electron chi connectivity index (χ2n) is 3.48. The molecule has 4 heteroatoms. The summed E-state index contributed by atoms with van der Waals surface area (Å²) in [5, 5.41) is 8.39. The predicted octanol–water partition coefficient (Wildman–Crippen LogP) is 2.64. The van der Waals surface area contributed by atoms with Gasteiger partial charge in [0, 0.05) is 12.7 Å². The number of rotatable bonds is 4. The van der Waals surface area contributed by atoms with Gasteiger partial charge in [-0.2, -0.15) is 5.10 Å². The highest BCUT2D eigenvalue weighted by atomic mass is 35.5. The van der Waals surface area contributed by atoms with Gasteiger partial charge in [-0.05, 0) is 24.7 Å². The minimum absolute atomic E-state index is 0.709. The molecule has 0 unspecified atom stereocenters. The van der Waals surface area contributed by atoms with Crippen molar-refractivity contribution in [1.29, 1.82) is 0 Å². The van der Waals surface area contributed by atoms with Gasteiger partial charge >= 0.3 is 0 Å². The maximum absolute atomic E-state index is 6.10. The van der Waals surface area contributed by atoms with Gasteiger partial charge in [-0.15, -0.1) is 0 Å². The highest BCUT2D eigenvalue weighted by Crippen LogP contribution is 2.18. The molecule has 0 amide bonds. The Morgan fingerprint density at radius 2 is 2.12 bits per heavy atom. The summed E-state index contributed by atoms with van der Waals surface area (Å²) in [4.78, 5) is 0. The highest BCUT2D eigenvalue weighted by Gasteiger charge is 2.03. The van der Waals surface area contributed by atoms with E-state index in [4.69, 9.17) is 11.6 Å². The number of nitrogens with one attached hydrogen (secondary N) is 1. The number of nitrogens with zero attached hydrogens (tertiary/aromatic N) is 2. The highest BCUT2D eigenvalue weighted by molar-refractivity contribution is 6.32. The number of benzene rings is 1. The quantitative estimate of drug-likeness (QED) is 0.883. The van der Waals surface area contributed by atoms with E-state index in [2.05, 4.69) is 17.3 Å². The van der Waals surface area contributed by atoms with Gasteiger partial charge in [0.05, 0.1) is 16.4 Å². The molecule has 1 N–H and O–H groups in total. The van der Waals surface area contributed by atoms with Crippen molar-refractivity contribution in [1.82, 2.24) is 15.1 Å². The second kappa shape index (κ2) is 5.14. The van der Waals surface area contributed by atoms with Gasteiger partial charge in [0.25, 0.3) is 0 Å². The largest absolute Gasteiger partial charge is 0.311 e. The zero-order valence-corrected chi connectivity index (χ0v) is 9.91. The molecular formula is C12H14ClN3. The Hall–Kier alpha value is -1.32. The fraction of sp³-hybridized carbons (Fsp3) is 0.250. The normalized spacial score (nSPS) is 10.6. The Labute approximate surface area is 100 Å². The van der Waals surface area contributed by atoms with Gasteiger partial charge in [-0.25, -0.2) is 4.68 Å². The van der Waals surface area contributed by atoms with Gasteiger partial charge in [-0.1, -0.05) is 30.7 Å². The fourth-order valence-corrected chi connectivity index (χ4v) is 1.70. The lowest BCUT2D eigenvalue weighted by Gasteiger charge is -2.03. The molecule has 0 aliphatic carbocycles. The van der Waals surface area contributed by atoms with Crippen molar-refractivity contribution in [2.75, 3.05) is 6.54 Å². The lowest BCUT2D eigenvalue weighted by atomic mass is 10.3. The van der Waals surface area contributed by atoms with E-state index in [9.17, 15) is 0 Å². The molecule has 1 heterocycles. The van der Waals surface area contributed by atoms with Crippen molar-refractivity contribution in [3.8, 4) is 5.69 Å². The van der Waals surface area contributed by atoms with E-state index in [1.54, 1.807) is 4.68 Å². The molecular weight excluding hydrogens is 222 g/mol. The minimum Gasteiger partial charge on any atom is -0.311 e. The zero-order valence-electron chi connectivity index (χ0n) is 9.15. The first-order valence-electron chi connectivity index (χ1n) is 5.31. The maximum atomic E-state index is 6.10. The average Bonchev–Trinajstić information content (AvgIpc) is 2.75. The third-order valence-electron chi connectivity index (χ3n) is 2.30. The van der Waals surface area contributed by atoms with Crippen LogP contribution in [0, 0.1) is 0 Å². The topological polar surface area (TPSA) is 29.9 Å². The maximum Gasteiger partial charge on any atom is 0.0831 e. The molecule has 0 spiro atoms. The number of hydrogen-bond acceptors (Lipinski definition) is 2. The Balaban J connectivity index is 2.22. The molecule has 84 valence electrons. The Morgan fingerprint density at radius 3 is 2.88 bits per heavy atom. The van der Waals surface area contributed by atoms with Gasteiger partial charge in [0.15, 0.2) is 0 Å². The first kappa shape index (κ1) is 11.2. The molecule has 1 aromatic carbocycles. The Morgan fingerprint density at radius 1 is 1.31 bits per heavy atom. The van der Waals surface area contributed by atoms with Crippen LogP contribution in [0.3, 0.4) is 0 Å². The molecule has 0 bridgehead atoms. The summed E-state index contributed by atoms with van der Waals surface area (Å²) in [5.74, 6) is 0. The van der Waals surface area contributed by atoms with Gasteiger partial charge in [-0.3, -0.25) is 0 Å². The van der Waals surface area contributed by atoms with Crippen LogP contribution in [0.15, 0.2) is 36.5 Å². The number of aromatic nitrogens is 2. The van der Waals surface area contributed by atoms with E-state index in [1.165, 1.54) is 0 Å². The van der Waals surface area contributed by atoms with Crippen molar-refractivity contribution in [3.05, 3.63) is 47.2 Å². The van der Waals surface area contributed by atoms with Crippen LogP contribution in [0.25, 0.3) is 5.69 Å². The smallest absolute Gasteiger partial charge is 0.0831 e. The van der Waals surface area contributed by atoms with Crippen LogP contribution >= 0.6 is 11.6 Å². The molecule has 1 aromatic heterocycles. The van der Waals surface area contributed by atoms with Crippen LogP contribution in [0.4, 0.5) is 0 Å². The van der Waals surface area contributed by atoms with E-state index in [1.807, 2.05) is 36.5 Å². The summed E-state index contributed by atoms with van der Waals surface area (Å²) in [6.45, 7) is 3.80. The van der Waals surface area contributed by atoms with Gasteiger partial charge in [0.1, 0.15) is 0 Å². The molecule has 2 aromatic rings. The molecule has 0 saturated heterocycles. The average molecular weight is 236 g/mol. The van der Waals surface area contributed by atoms with Crippen molar-refractivity contribution in [2.45, 2.75) is 13.5 Å². The Kier molecular flexibility index (Phi) is 3.59. The summed E-state index contributed by atoms with van der Waals surface area (Å²) in [6, 6.07) is 9.67. The third kappa shape index (κ3) is 2.43. The standard InChI is InChI=1S/C12H14ClN3/c1-2-14-9-10-7-8-16(15-10)12-6-4-3-5-11(12)13/h3-8,14H,2,9H2,1H3. The van der Waals surface area contributed by atoms with E-state index in [0.717, 1.165) is 24.5 Å². The van der Waals surface area contributed by atoms with Crippen molar-refractivity contribution in [3.63, 3.8) is 0 Å². The summed E-state index contributed by atoms with van der Waals surface area (Å²) < 4.78 is 1.80. The van der Waals surface area contributed by atoms with E-state index in [0.29, 0.717) is 5.02 Å². The summed E-state index contributed by atoms with van der Waals surface area (Å²) in [6.07, 6.45) is 1.92. The van der Waals surface area contributed by atoms with Crippen LogP contribution in [-0.4, -0.2) is 16.3 Å². The van der Waals surface area contributed by atoms with Crippen LogP contribution in [0.1, 0.15) is 12.6 Å². The first-order chi connectivity index (χ1) is 7.81. The van der Waals surface area contributed by atoms with Crippen LogP contribution < -0.4 is 5.32 Å². The molecule has 16 heavy (non-hydrogen) atoms. The molecule has 0 aliphatic rings. The molecule has 0 radical (unpaired) electrons. The summed E-state index contributed by atoms with van der Waals surface area (Å²) in [7, 11) is 0. The molecule has 0 atom stereocenters. The van der Waals surface area contributed by atoms with Crippen LogP contribution in [0.5, 0.6) is 0 Å². The van der Waals surface area contributed by atoms with Gasteiger partial charge < -0.3 is 5.32 Å². The van der Waals surface area contributed by atoms with Gasteiger partial charge in [0.2, 0.25) is 0 Å². The SMILES string of the molecule is CCNCc1ccn(-c2ccccc2Cl)n1. The summed E-state index contributed by atoms with van der Waals surface area (Å²) in [5.41, 5.74) is 1.92. The first-order valence-corrected chi connectivity index (χ1v) is 5.69. The monoisotopic (exact) mass is 235 g/mol. The number of para-hydroxylation sites is 1. The van der Waals surface area contributed by atoms with Crippen molar-refractivity contribution < 1.29 is 0 Å². The molecule has 0 aliphatic heterocycles. The predicted molar refractivity (Wildman–Crippen MR) is 66.0 cm³/mol.